The Balaban J connectivity index is 1.46. The van der Waals surface area contributed by atoms with Gasteiger partial charge in [-0.2, -0.15) is 0 Å². The van der Waals surface area contributed by atoms with E-state index in [9.17, 15) is 4.79 Å². The zero-order valence-corrected chi connectivity index (χ0v) is 24.9. The maximum atomic E-state index is 11.8. The van der Waals surface area contributed by atoms with Crippen LogP contribution in [-0.2, 0) is 54.9 Å². The number of hydrogen-bond donors (Lipinski definition) is 1. The van der Waals surface area contributed by atoms with E-state index in [0.717, 1.165) is 22.3 Å². The first-order valence-electron chi connectivity index (χ1n) is 14.9. The minimum Gasteiger partial charge on any atom is -0.381 e. The van der Waals surface area contributed by atoms with E-state index < -0.39 is 30.8 Å². The van der Waals surface area contributed by atoms with Crippen LogP contribution in [-0.4, -0.2) is 36.6 Å². The smallest absolute Gasteiger partial charge is 0.189 e. The van der Waals surface area contributed by atoms with Crippen LogP contribution < -0.4 is 5.32 Å². The molecule has 5 atom stereocenters. The Morgan fingerprint density at radius 3 is 1.41 bits per heavy atom. The Kier molecular flexibility index (Phi) is 11.9. The molecule has 1 aliphatic heterocycles. The van der Waals surface area contributed by atoms with E-state index >= 15 is 0 Å². The van der Waals surface area contributed by atoms with Gasteiger partial charge in [0.2, 0.25) is 0 Å². The average Bonchev–Trinajstić information content (AvgIpc) is 3.07. The van der Waals surface area contributed by atoms with E-state index in [-0.39, 0.29) is 5.78 Å². The van der Waals surface area contributed by atoms with Gasteiger partial charge in [-0.3, -0.25) is 4.79 Å². The number of ether oxygens (including phenoxy) is 5. The van der Waals surface area contributed by atoms with Crippen molar-refractivity contribution in [2.75, 3.05) is 0 Å². The molecule has 0 saturated carbocycles. The Bertz CT molecular complexity index is 1420. The third kappa shape index (κ3) is 9.44. The molecule has 1 fully saturated rings. The van der Waals surface area contributed by atoms with Gasteiger partial charge in [-0.15, -0.1) is 0 Å². The standard InChI is InChI=1S/C37H39NO6/c1-28(39)22-23-38-33-34(40-24-29-14-6-2-7-15-29)35(41-25-30-16-8-3-9-17-30)37(43-27-32-20-12-5-13-21-32)44-36(33)42-26-31-18-10-4-11-19-31/h2-23,33-38H,24-27H2,1H3/b23-22-/t33-,34-,35+,36-,37+/m1/s1. The molecule has 4 aromatic rings. The second kappa shape index (κ2) is 16.7. The van der Waals surface area contributed by atoms with Crippen LogP contribution in [0.4, 0.5) is 0 Å². The third-order valence-electron chi connectivity index (χ3n) is 7.20. The van der Waals surface area contributed by atoms with Gasteiger partial charge in [-0.25, -0.2) is 0 Å². The van der Waals surface area contributed by atoms with Gasteiger partial charge in [0.05, 0.1) is 26.4 Å². The predicted molar refractivity (Wildman–Crippen MR) is 168 cm³/mol. The summed E-state index contributed by atoms with van der Waals surface area (Å²) in [4.78, 5) is 11.8. The molecular weight excluding hydrogens is 554 g/mol. The van der Waals surface area contributed by atoms with Crippen molar-refractivity contribution >= 4 is 5.78 Å². The summed E-state index contributed by atoms with van der Waals surface area (Å²) in [6.07, 6.45) is 0.280. The van der Waals surface area contributed by atoms with Crippen molar-refractivity contribution in [3.05, 3.63) is 156 Å². The fourth-order valence-corrected chi connectivity index (χ4v) is 4.95. The van der Waals surface area contributed by atoms with Gasteiger partial charge in [-0.05, 0) is 35.3 Å². The third-order valence-corrected chi connectivity index (χ3v) is 7.20. The summed E-state index contributed by atoms with van der Waals surface area (Å²) in [7, 11) is 0. The molecule has 1 N–H and O–H groups in total. The summed E-state index contributed by atoms with van der Waals surface area (Å²) in [6.45, 7) is 2.79. The Morgan fingerprint density at radius 2 is 0.977 bits per heavy atom. The topological polar surface area (TPSA) is 75.3 Å². The summed E-state index contributed by atoms with van der Waals surface area (Å²) in [5.74, 6) is -0.0846. The van der Waals surface area contributed by atoms with Crippen molar-refractivity contribution in [3.8, 4) is 0 Å². The van der Waals surface area contributed by atoms with Gasteiger partial charge >= 0.3 is 0 Å². The molecule has 0 unspecified atom stereocenters. The van der Waals surface area contributed by atoms with Crippen molar-refractivity contribution < 1.29 is 28.5 Å². The van der Waals surface area contributed by atoms with E-state index in [2.05, 4.69) is 5.32 Å². The van der Waals surface area contributed by atoms with Crippen LogP contribution in [0.5, 0.6) is 0 Å². The molecule has 4 aromatic carbocycles. The first-order valence-corrected chi connectivity index (χ1v) is 14.9. The second-order valence-electron chi connectivity index (χ2n) is 10.6. The molecule has 1 saturated heterocycles. The lowest BCUT2D eigenvalue weighted by Gasteiger charge is -2.46. The van der Waals surface area contributed by atoms with E-state index in [0.29, 0.717) is 26.4 Å². The molecule has 1 heterocycles. The minimum atomic E-state index is -0.810. The second-order valence-corrected chi connectivity index (χ2v) is 10.6. The molecule has 0 aliphatic carbocycles. The van der Waals surface area contributed by atoms with Crippen LogP contribution in [0.3, 0.4) is 0 Å². The molecule has 44 heavy (non-hydrogen) atoms. The fraction of sp³-hybridized carbons (Fsp3) is 0.270. The molecule has 1 aliphatic rings. The fourth-order valence-electron chi connectivity index (χ4n) is 4.95. The SMILES string of the molecule is CC(=O)/C=C\N[C@H]1[C@H](OCc2ccccc2)O[C@H](OCc2ccccc2)[C@@H](OCc2ccccc2)[C@@H]1OCc1ccccc1. The normalized spacial score (nSPS) is 21.7. The summed E-state index contributed by atoms with van der Waals surface area (Å²) in [5.41, 5.74) is 4.04. The highest BCUT2D eigenvalue weighted by Gasteiger charge is 2.48. The van der Waals surface area contributed by atoms with Crippen molar-refractivity contribution in [2.24, 2.45) is 0 Å². The summed E-state index contributed by atoms with van der Waals surface area (Å²) >= 11 is 0. The van der Waals surface area contributed by atoms with Gasteiger partial charge in [0.15, 0.2) is 18.4 Å². The lowest BCUT2D eigenvalue weighted by Crippen LogP contribution is -2.64. The highest BCUT2D eigenvalue weighted by molar-refractivity contribution is 5.87. The van der Waals surface area contributed by atoms with Crippen LogP contribution in [0.2, 0.25) is 0 Å². The zero-order valence-electron chi connectivity index (χ0n) is 24.9. The number of carbonyl (C=O) groups is 1. The van der Waals surface area contributed by atoms with Crippen LogP contribution in [0.25, 0.3) is 0 Å². The predicted octanol–water partition coefficient (Wildman–Crippen LogP) is 6.33. The number of hydrogen-bond acceptors (Lipinski definition) is 7. The number of ketones is 1. The highest BCUT2D eigenvalue weighted by Crippen LogP contribution is 2.30. The number of allylic oxidation sites excluding steroid dienone is 1. The van der Waals surface area contributed by atoms with Crippen molar-refractivity contribution in [1.82, 2.24) is 5.32 Å². The number of carbonyl (C=O) groups excluding carboxylic acids is 1. The molecule has 0 spiro atoms. The maximum Gasteiger partial charge on any atom is 0.189 e. The summed E-state index contributed by atoms with van der Waals surface area (Å²) in [6, 6.07) is 39.2. The number of nitrogens with one attached hydrogen (secondary N) is 1. The monoisotopic (exact) mass is 593 g/mol. The van der Waals surface area contributed by atoms with E-state index in [1.807, 2.05) is 121 Å². The zero-order chi connectivity index (χ0) is 30.4. The Morgan fingerprint density at radius 1 is 0.591 bits per heavy atom. The van der Waals surface area contributed by atoms with Gasteiger partial charge in [-0.1, -0.05) is 121 Å². The molecule has 0 aromatic heterocycles. The van der Waals surface area contributed by atoms with Crippen molar-refractivity contribution in [1.29, 1.82) is 0 Å². The molecule has 7 heteroatoms. The number of benzene rings is 4. The van der Waals surface area contributed by atoms with Crippen LogP contribution >= 0.6 is 0 Å². The highest BCUT2D eigenvalue weighted by atomic mass is 16.8. The largest absolute Gasteiger partial charge is 0.381 e. The van der Waals surface area contributed by atoms with Crippen molar-refractivity contribution in [2.45, 2.75) is 64.2 Å². The first-order chi connectivity index (χ1) is 21.7. The van der Waals surface area contributed by atoms with Crippen molar-refractivity contribution in [3.63, 3.8) is 0 Å². The molecule has 7 nitrogen and oxygen atoms in total. The molecular formula is C37H39NO6. The van der Waals surface area contributed by atoms with Gasteiger partial charge < -0.3 is 29.0 Å². The molecule has 228 valence electrons. The van der Waals surface area contributed by atoms with E-state index in [1.54, 1.807) is 6.20 Å². The quantitative estimate of drug-likeness (QED) is 0.161. The maximum absolute atomic E-state index is 11.8. The summed E-state index contributed by atoms with van der Waals surface area (Å²) < 4.78 is 32.6. The Labute approximate surface area is 259 Å². The van der Waals surface area contributed by atoms with Crippen LogP contribution in [0.15, 0.2) is 134 Å². The Hall–Kier alpha value is -4.11. The van der Waals surface area contributed by atoms with Crippen LogP contribution in [0.1, 0.15) is 29.2 Å². The lowest BCUT2D eigenvalue weighted by molar-refractivity contribution is -0.345. The lowest BCUT2D eigenvalue weighted by atomic mass is 10.00. The molecule has 0 radical (unpaired) electrons. The average molecular weight is 594 g/mol. The first kappa shape index (κ1) is 31.3. The molecule has 0 amide bonds. The molecule has 0 bridgehead atoms. The van der Waals surface area contributed by atoms with Crippen LogP contribution in [0, 0.1) is 0 Å². The molecule has 5 rings (SSSR count). The van der Waals surface area contributed by atoms with Gasteiger partial charge in [0, 0.05) is 6.20 Å². The minimum absolute atomic E-state index is 0.0846. The summed E-state index contributed by atoms with van der Waals surface area (Å²) in [5, 5.41) is 3.34. The van der Waals surface area contributed by atoms with E-state index in [1.165, 1.54) is 13.0 Å². The van der Waals surface area contributed by atoms with E-state index in [4.69, 9.17) is 23.7 Å². The van der Waals surface area contributed by atoms with Gasteiger partial charge in [0.1, 0.15) is 18.2 Å². The number of rotatable bonds is 15. The van der Waals surface area contributed by atoms with Gasteiger partial charge in [0.25, 0.3) is 0 Å².